The lowest BCUT2D eigenvalue weighted by atomic mass is 9.81. The quantitative estimate of drug-likeness (QED) is 0.790. The van der Waals surface area contributed by atoms with E-state index in [4.69, 9.17) is 23.2 Å². The average molecular weight is 309 g/mol. The van der Waals surface area contributed by atoms with E-state index < -0.39 is 6.10 Å². The molecule has 1 N–H and O–H groups in total. The maximum absolute atomic E-state index is 10.7. The predicted molar refractivity (Wildman–Crippen MR) is 85.7 cm³/mol. The third-order valence-electron chi connectivity index (χ3n) is 3.32. The van der Waals surface area contributed by atoms with Crippen molar-refractivity contribution in [3.8, 4) is 0 Å². The van der Waals surface area contributed by atoms with Crippen molar-refractivity contribution in [3.05, 3.63) is 69.2 Å². The van der Waals surface area contributed by atoms with Gasteiger partial charge in [0.15, 0.2) is 0 Å². The topological polar surface area (TPSA) is 20.2 Å². The summed E-state index contributed by atoms with van der Waals surface area (Å²) < 4.78 is 0. The normalized spacial score (nSPS) is 13.3. The minimum Gasteiger partial charge on any atom is -0.384 e. The number of aliphatic hydroxyl groups is 1. The molecule has 2 aromatic carbocycles. The summed E-state index contributed by atoms with van der Waals surface area (Å²) in [6, 6.07) is 13.1. The first-order chi connectivity index (χ1) is 9.30. The molecule has 0 saturated heterocycles. The van der Waals surface area contributed by atoms with Crippen LogP contribution in [-0.2, 0) is 5.41 Å². The van der Waals surface area contributed by atoms with Crippen LogP contribution in [0.5, 0.6) is 0 Å². The first-order valence-electron chi connectivity index (χ1n) is 6.53. The Morgan fingerprint density at radius 1 is 0.950 bits per heavy atom. The minimum absolute atomic E-state index is 0.0452. The molecule has 0 heterocycles. The first kappa shape index (κ1) is 15.4. The molecule has 106 valence electrons. The third kappa shape index (κ3) is 3.17. The second kappa shape index (κ2) is 5.77. The lowest BCUT2D eigenvalue weighted by Crippen LogP contribution is -2.16. The van der Waals surface area contributed by atoms with Crippen molar-refractivity contribution in [3.63, 3.8) is 0 Å². The fraction of sp³-hybridized carbons (Fsp3) is 0.294. The van der Waals surface area contributed by atoms with E-state index in [-0.39, 0.29) is 5.41 Å². The molecule has 0 spiro atoms. The van der Waals surface area contributed by atoms with Crippen molar-refractivity contribution in [1.29, 1.82) is 0 Å². The molecule has 1 nitrogen and oxygen atoms in total. The van der Waals surface area contributed by atoms with Crippen LogP contribution in [0.25, 0.3) is 0 Å². The number of hydrogen-bond acceptors (Lipinski definition) is 1. The number of aliphatic hydroxyl groups excluding tert-OH is 1. The Kier molecular flexibility index (Phi) is 4.43. The summed E-state index contributed by atoms with van der Waals surface area (Å²) in [7, 11) is 0. The standard InChI is InChI=1S/C17H18Cl2O/c1-17(2,3)14-7-5-4-6-12(14)16(20)13-9-8-11(18)10-15(13)19/h4-10,16,20H,1-3H3. The predicted octanol–water partition coefficient (Wildman–Crippen LogP) is 5.37. The van der Waals surface area contributed by atoms with Crippen molar-refractivity contribution in [2.75, 3.05) is 0 Å². The summed E-state index contributed by atoms with van der Waals surface area (Å²) in [5.41, 5.74) is 2.62. The van der Waals surface area contributed by atoms with Crippen molar-refractivity contribution in [2.24, 2.45) is 0 Å². The van der Waals surface area contributed by atoms with Gasteiger partial charge >= 0.3 is 0 Å². The summed E-state index contributed by atoms with van der Waals surface area (Å²) in [6.45, 7) is 6.38. The van der Waals surface area contributed by atoms with Crippen LogP contribution in [0.1, 0.15) is 43.6 Å². The van der Waals surface area contributed by atoms with Gasteiger partial charge in [-0.2, -0.15) is 0 Å². The molecule has 0 aromatic heterocycles. The van der Waals surface area contributed by atoms with E-state index >= 15 is 0 Å². The molecular weight excluding hydrogens is 291 g/mol. The van der Waals surface area contributed by atoms with Gasteiger partial charge < -0.3 is 5.11 Å². The van der Waals surface area contributed by atoms with Gasteiger partial charge in [0.25, 0.3) is 0 Å². The zero-order chi connectivity index (χ0) is 14.9. The highest BCUT2D eigenvalue weighted by atomic mass is 35.5. The molecule has 0 radical (unpaired) electrons. The Labute approximate surface area is 130 Å². The van der Waals surface area contributed by atoms with Crippen LogP contribution in [0.4, 0.5) is 0 Å². The molecule has 0 saturated carbocycles. The van der Waals surface area contributed by atoms with Crippen molar-refractivity contribution < 1.29 is 5.11 Å². The minimum atomic E-state index is -0.754. The first-order valence-corrected chi connectivity index (χ1v) is 7.28. The molecule has 0 aliphatic rings. The van der Waals surface area contributed by atoms with E-state index in [1.807, 2.05) is 24.3 Å². The molecule has 0 aliphatic carbocycles. The van der Waals surface area contributed by atoms with Crippen LogP contribution in [-0.4, -0.2) is 5.11 Å². The molecule has 0 aliphatic heterocycles. The van der Waals surface area contributed by atoms with E-state index in [0.717, 1.165) is 11.1 Å². The second-order valence-corrected chi connectivity index (χ2v) is 6.75. The van der Waals surface area contributed by atoms with Crippen LogP contribution in [0.2, 0.25) is 10.0 Å². The Morgan fingerprint density at radius 3 is 2.20 bits per heavy atom. The van der Waals surface area contributed by atoms with Crippen LogP contribution in [0, 0.1) is 0 Å². The maximum atomic E-state index is 10.7. The van der Waals surface area contributed by atoms with Gasteiger partial charge in [-0.05, 0) is 28.7 Å². The summed E-state index contributed by atoms with van der Waals surface area (Å²) in [5, 5.41) is 11.7. The van der Waals surface area contributed by atoms with Crippen molar-refractivity contribution in [2.45, 2.75) is 32.3 Å². The SMILES string of the molecule is CC(C)(C)c1ccccc1C(O)c1ccc(Cl)cc1Cl. The Bertz CT molecular complexity index is 615. The Morgan fingerprint density at radius 2 is 1.60 bits per heavy atom. The summed E-state index contributed by atoms with van der Waals surface area (Å²) >= 11 is 12.1. The van der Waals surface area contributed by atoms with E-state index in [1.54, 1.807) is 18.2 Å². The summed E-state index contributed by atoms with van der Waals surface area (Å²) in [4.78, 5) is 0. The van der Waals surface area contributed by atoms with Crippen LogP contribution in [0.3, 0.4) is 0 Å². The molecule has 2 aromatic rings. The molecular formula is C17H18Cl2O. The van der Waals surface area contributed by atoms with Gasteiger partial charge in [0.05, 0.1) is 0 Å². The number of rotatable bonds is 2. The molecule has 2 rings (SSSR count). The zero-order valence-electron chi connectivity index (χ0n) is 11.8. The highest BCUT2D eigenvalue weighted by Crippen LogP contribution is 2.35. The molecule has 1 atom stereocenters. The molecule has 0 fully saturated rings. The molecule has 0 bridgehead atoms. The van der Waals surface area contributed by atoms with Crippen LogP contribution < -0.4 is 0 Å². The molecule has 0 amide bonds. The van der Waals surface area contributed by atoms with Gasteiger partial charge in [0.1, 0.15) is 6.10 Å². The Balaban J connectivity index is 2.51. The summed E-state index contributed by atoms with van der Waals surface area (Å²) in [6.07, 6.45) is -0.754. The van der Waals surface area contributed by atoms with Crippen LogP contribution in [0.15, 0.2) is 42.5 Å². The molecule has 1 unspecified atom stereocenters. The lowest BCUT2D eigenvalue weighted by Gasteiger charge is -2.25. The van der Waals surface area contributed by atoms with Crippen LogP contribution >= 0.6 is 23.2 Å². The van der Waals surface area contributed by atoms with Gasteiger partial charge in [-0.15, -0.1) is 0 Å². The lowest BCUT2D eigenvalue weighted by molar-refractivity contribution is 0.217. The highest BCUT2D eigenvalue weighted by Gasteiger charge is 2.23. The molecule has 20 heavy (non-hydrogen) atoms. The largest absolute Gasteiger partial charge is 0.384 e. The zero-order valence-corrected chi connectivity index (χ0v) is 13.3. The van der Waals surface area contributed by atoms with Gasteiger partial charge in [-0.3, -0.25) is 0 Å². The molecule has 3 heteroatoms. The average Bonchev–Trinajstić information content (AvgIpc) is 2.37. The maximum Gasteiger partial charge on any atom is 0.106 e. The van der Waals surface area contributed by atoms with Crippen molar-refractivity contribution >= 4 is 23.2 Å². The van der Waals surface area contributed by atoms with Crippen molar-refractivity contribution in [1.82, 2.24) is 0 Å². The number of benzene rings is 2. The fourth-order valence-electron chi connectivity index (χ4n) is 2.31. The highest BCUT2D eigenvalue weighted by molar-refractivity contribution is 6.35. The van der Waals surface area contributed by atoms with Gasteiger partial charge in [0.2, 0.25) is 0 Å². The van der Waals surface area contributed by atoms with Gasteiger partial charge in [0, 0.05) is 15.6 Å². The third-order valence-corrected chi connectivity index (χ3v) is 3.88. The number of halogens is 2. The van der Waals surface area contributed by atoms with Gasteiger partial charge in [-0.1, -0.05) is 74.3 Å². The summed E-state index contributed by atoms with van der Waals surface area (Å²) in [5.74, 6) is 0. The van der Waals surface area contributed by atoms with E-state index in [1.165, 1.54) is 0 Å². The fourth-order valence-corrected chi connectivity index (χ4v) is 2.82. The number of hydrogen-bond donors (Lipinski definition) is 1. The van der Waals surface area contributed by atoms with Gasteiger partial charge in [-0.25, -0.2) is 0 Å². The monoisotopic (exact) mass is 308 g/mol. The smallest absolute Gasteiger partial charge is 0.106 e. The van der Waals surface area contributed by atoms with E-state index in [0.29, 0.717) is 15.6 Å². The Hall–Kier alpha value is -1.02. The second-order valence-electron chi connectivity index (χ2n) is 5.91. The van der Waals surface area contributed by atoms with E-state index in [9.17, 15) is 5.11 Å². The van der Waals surface area contributed by atoms with E-state index in [2.05, 4.69) is 20.8 Å².